The van der Waals surface area contributed by atoms with E-state index in [1.54, 1.807) is 6.07 Å². The Balaban J connectivity index is 2.14. The maximum absolute atomic E-state index is 12.2. The van der Waals surface area contributed by atoms with Crippen LogP contribution in [-0.2, 0) is 6.42 Å². The van der Waals surface area contributed by atoms with Crippen molar-refractivity contribution in [3.05, 3.63) is 53.6 Å². The number of carbonyl (C=O) groups excluding carboxylic acids is 1. The van der Waals surface area contributed by atoms with Gasteiger partial charge in [-0.2, -0.15) is 0 Å². The predicted octanol–water partition coefficient (Wildman–Crippen LogP) is 2.15. The lowest BCUT2D eigenvalue weighted by molar-refractivity contribution is 0.102. The highest BCUT2D eigenvalue weighted by molar-refractivity contribution is 6.08. The molecule has 0 fully saturated rings. The van der Waals surface area contributed by atoms with Gasteiger partial charge in [0.1, 0.15) is 5.75 Å². The number of hydrogen-bond acceptors (Lipinski definition) is 4. The fourth-order valence-corrected chi connectivity index (χ4v) is 2.03. The molecule has 0 saturated carbocycles. The third kappa shape index (κ3) is 3.97. The lowest BCUT2D eigenvalue weighted by Crippen LogP contribution is -2.14. The molecule has 0 aliphatic carbocycles. The number of phenolic OH excluding ortho intramolecular Hbond substituents is 1. The third-order valence-electron chi connectivity index (χ3n) is 3.09. The van der Waals surface area contributed by atoms with Gasteiger partial charge in [-0.05, 0) is 48.7 Å². The topological polar surface area (TPSA) is 95.6 Å². The second kappa shape index (κ2) is 6.76. The molecule has 2 aromatic rings. The van der Waals surface area contributed by atoms with Gasteiger partial charge in [0.05, 0.1) is 5.56 Å². The lowest BCUT2D eigenvalue weighted by Gasteiger charge is -2.09. The number of benzene rings is 2. The molecule has 0 heterocycles. The molecule has 21 heavy (non-hydrogen) atoms. The summed E-state index contributed by atoms with van der Waals surface area (Å²) in [7, 11) is 0. The van der Waals surface area contributed by atoms with Crippen molar-refractivity contribution >= 4 is 17.3 Å². The SMILES string of the molecule is Nc1ccc(O)cc1C(=O)Nc1cccc(CCCO)c1. The van der Waals surface area contributed by atoms with Gasteiger partial charge in [0.25, 0.3) is 5.91 Å². The van der Waals surface area contributed by atoms with Crippen LogP contribution in [0, 0.1) is 0 Å². The van der Waals surface area contributed by atoms with Crippen LogP contribution < -0.4 is 11.1 Å². The number of aliphatic hydroxyl groups excluding tert-OH is 1. The number of nitrogens with one attached hydrogen (secondary N) is 1. The van der Waals surface area contributed by atoms with E-state index in [4.69, 9.17) is 10.8 Å². The first-order valence-corrected chi connectivity index (χ1v) is 6.70. The number of aliphatic hydroxyl groups is 1. The second-order valence-corrected chi connectivity index (χ2v) is 4.75. The van der Waals surface area contributed by atoms with Crippen molar-refractivity contribution in [1.29, 1.82) is 0 Å². The molecule has 5 nitrogen and oxygen atoms in total. The van der Waals surface area contributed by atoms with E-state index in [0.29, 0.717) is 17.8 Å². The predicted molar refractivity (Wildman–Crippen MR) is 82.3 cm³/mol. The van der Waals surface area contributed by atoms with Gasteiger partial charge in [-0.3, -0.25) is 4.79 Å². The Kier molecular flexibility index (Phi) is 4.79. The molecule has 0 bridgehead atoms. The third-order valence-corrected chi connectivity index (χ3v) is 3.09. The van der Waals surface area contributed by atoms with Crippen LogP contribution >= 0.6 is 0 Å². The van der Waals surface area contributed by atoms with E-state index in [1.165, 1.54) is 18.2 Å². The molecule has 0 aliphatic heterocycles. The number of amides is 1. The molecular weight excluding hydrogens is 268 g/mol. The first kappa shape index (κ1) is 14.9. The molecule has 0 radical (unpaired) electrons. The van der Waals surface area contributed by atoms with Gasteiger partial charge < -0.3 is 21.3 Å². The summed E-state index contributed by atoms with van der Waals surface area (Å²) < 4.78 is 0. The molecule has 0 aromatic heterocycles. The molecule has 0 atom stereocenters. The van der Waals surface area contributed by atoms with Crippen LogP contribution in [-0.4, -0.2) is 22.7 Å². The molecule has 2 rings (SSSR count). The van der Waals surface area contributed by atoms with Crippen molar-refractivity contribution in [1.82, 2.24) is 0 Å². The van der Waals surface area contributed by atoms with E-state index >= 15 is 0 Å². The summed E-state index contributed by atoms with van der Waals surface area (Å²) >= 11 is 0. The monoisotopic (exact) mass is 286 g/mol. The number of rotatable bonds is 5. The zero-order valence-corrected chi connectivity index (χ0v) is 11.5. The molecular formula is C16H18N2O3. The fraction of sp³-hybridized carbons (Fsp3) is 0.188. The van der Waals surface area contributed by atoms with Crippen LogP contribution in [0.15, 0.2) is 42.5 Å². The molecule has 0 saturated heterocycles. The number of anilines is 2. The zero-order valence-electron chi connectivity index (χ0n) is 11.5. The van der Waals surface area contributed by atoms with E-state index in [1.807, 2.05) is 18.2 Å². The minimum Gasteiger partial charge on any atom is -0.508 e. The molecule has 1 amide bonds. The van der Waals surface area contributed by atoms with Crippen molar-refractivity contribution < 1.29 is 15.0 Å². The Hall–Kier alpha value is -2.53. The average Bonchev–Trinajstić information content (AvgIpc) is 2.48. The second-order valence-electron chi connectivity index (χ2n) is 4.75. The van der Waals surface area contributed by atoms with Gasteiger partial charge in [-0.25, -0.2) is 0 Å². The normalized spacial score (nSPS) is 10.3. The Morgan fingerprint density at radius 1 is 1.19 bits per heavy atom. The summed E-state index contributed by atoms with van der Waals surface area (Å²) in [5, 5.41) is 21.0. The molecule has 0 unspecified atom stereocenters. The minimum absolute atomic E-state index is 0.00829. The molecule has 5 N–H and O–H groups in total. The van der Waals surface area contributed by atoms with Gasteiger partial charge in [-0.15, -0.1) is 0 Å². The maximum Gasteiger partial charge on any atom is 0.257 e. The van der Waals surface area contributed by atoms with Crippen molar-refractivity contribution in [3.8, 4) is 5.75 Å². The van der Waals surface area contributed by atoms with E-state index in [2.05, 4.69) is 5.32 Å². The Bertz CT molecular complexity index is 641. The van der Waals surface area contributed by atoms with Crippen molar-refractivity contribution in [2.24, 2.45) is 0 Å². The average molecular weight is 286 g/mol. The van der Waals surface area contributed by atoms with Crippen molar-refractivity contribution in [2.75, 3.05) is 17.7 Å². The summed E-state index contributed by atoms with van der Waals surface area (Å²) in [4.78, 5) is 12.2. The van der Waals surface area contributed by atoms with Crippen molar-refractivity contribution in [3.63, 3.8) is 0 Å². The zero-order chi connectivity index (χ0) is 15.2. The summed E-state index contributed by atoms with van der Waals surface area (Å²) in [6.45, 7) is 0.135. The lowest BCUT2D eigenvalue weighted by atomic mass is 10.1. The Morgan fingerprint density at radius 3 is 2.76 bits per heavy atom. The van der Waals surface area contributed by atoms with Crippen LogP contribution in [0.2, 0.25) is 0 Å². The molecule has 0 spiro atoms. The van der Waals surface area contributed by atoms with Crippen molar-refractivity contribution in [2.45, 2.75) is 12.8 Å². The van der Waals surface area contributed by atoms with E-state index < -0.39 is 0 Å². The summed E-state index contributed by atoms with van der Waals surface area (Å²) in [5.41, 5.74) is 7.96. The summed E-state index contributed by atoms with van der Waals surface area (Å²) in [6.07, 6.45) is 1.42. The van der Waals surface area contributed by atoms with E-state index in [0.717, 1.165) is 12.0 Å². The first-order chi connectivity index (χ1) is 10.1. The van der Waals surface area contributed by atoms with Gasteiger partial charge in [0.2, 0.25) is 0 Å². The highest BCUT2D eigenvalue weighted by Crippen LogP contribution is 2.20. The van der Waals surface area contributed by atoms with Crippen LogP contribution in [0.1, 0.15) is 22.3 Å². The number of nitrogens with two attached hydrogens (primary N) is 1. The van der Waals surface area contributed by atoms with E-state index in [-0.39, 0.29) is 23.8 Å². The Labute approximate surface area is 123 Å². The van der Waals surface area contributed by atoms with E-state index in [9.17, 15) is 9.90 Å². The highest BCUT2D eigenvalue weighted by Gasteiger charge is 2.11. The number of phenols is 1. The van der Waals surface area contributed by atoms with Gasteiger partial charge >= 0.3 is 0 Å². The number of aryl methyl sites for hydroxylation is 1. The largest absolute Gasteiger partial charge is 0.508 e. The van der Waals surface area contributed by atoms with Gasteiger partial charge in [-0.1, -0.05) is 12.1 Å². The number of hydrogen-bond donors (Lipinski definition) is 4. The van der Waals surface area contributed by atoms with Crippen LogP contribution in [0.25, 0.3) is 0 Å². The quantitative estimate of drug-likeness (QED) is 0.500. The number of nitrogen functional groups attached to an aromatic ring is 1. The first-order valence-electron chi connectivity index (χ1n) is 6.70. The molecule has 0 aliphatic rings. The van der Waals surface area contributed by atoms with Crippen LogP contribution in [0.3, 0.4) is 0 Å². The van der Waals surface area contributed by atoms with Gasteiger partial charge in [0.15, 0.2) is 0 Å². The standard InChI is InChI=1S/C16H18N2O3/c17-15-7-6-13(20)10-14(15)16(21)18-12-5-1-3-11(9-12)4-2-8-19/h1,3,5-7,9-10,19-20H,2,4,8,17H2,(H,18,21). The Morgan fingerprint density at radius 2 is 2.00 bits per heavy atom. The molecule has 5 heteroatoms. The van der Waals surface area contributed by atoms with Gasteiger partial charge in [0, 0.05) is 18.0 Å². The fourth-order valence-electron chi connectivity index (χ4n) is 2.03. The minimum atomic E-state index is -0.372. The maximum atomic E-state index is 12.2. The summed E-state index contributed by atoms with van der Waals surface area (Å²) in [5.74, 6) is -0.381. The smallest absolute Gasteiger partial charge is 0.257 e. The molecule has 2 aromatic carbocycles. The van der Waals surface area contributed by atoms with Crippen LogP contribution in [0.4, 0.5) is 11.4 Å². The summed E-state index contributed by atoms with van der Waals surface area (Å²) in [6, 6.07) is 11.7. The molecule has 110 valence electrons. The highest BCUT2D eigenvalue weighted by atomic mass is 16.3. The van der Waals surface area contributed by atoms with Crippen LogP contribution in [0.5, 0.6) is 5.75 Å². The number of aromatic hydroxyl groups is 1. The number of carbonyl (C=O) groups is 1.